The number of thiophene rings is 1. The van der Waals surface area contributed by atoms with Crippen LogP contribution in [-0.2, 0) is 6.42 Å². The average molecular weight is 306 g/mol. The normalized spacial score (nSPS) is 12.8. The highest BCUT2D eigenvalue weighted by Gasteiger charge is 2.15. The van der Waals surface area contributed by atoms with Crippen molar-refractivity contribution >= 4 is 33.0 Å². The highest BCUT2D eigenvalue weighted by molar-refractivity contribution is 7.17. The third-order valence-corrected chi connectivity index (χ3v) is 4.66. The molecule has 1 atom stereocenters. The van der Waals surface area contributed by atoms with E-state index in [0.29, 0.717) is 12.0 Å². The second-order valence-electron chi connectivity index (χ2n) is 4.71. The first-order valence-electron chi connectivity index (χ1n) is 6.31. The van der Waals surface area contributed by atoms with Crippen molar-refractivity contribution in [2.75, 3.05) is 0 Å². The molecule has 1 nitrogen and oxygen atoms in total. The predicted molar refractivity (Wildman–Crippen MR) is 83.9 cm³/mol. The molecule has 0 aliphatic heterocycles. The molecule has 0 spiro atoms. The number of fused-ring (bicyclic) bond motifs is 1. The minimum Gasteiger partial charge on any atom is -0.324 e. The Morgan fingerprint density at radius 3 is 2.80 bits per heavy atom. The van der Waals surface area contributed by atoms with Crippen molar-refractivity contribution in [1.29, 1.82) is 0 Å². The van der Waals surface area contributed by atoms with E-state index in [1.807, 2.05) is 12.1 Å². The summed E-state index contributed by atoms with van der Waals surface area (Å²) in [5, 5.41) is 3.34. The first-order chi connectivity index (χ1) is 9.66. The third kappa shape index (κ3) is 2.44. The summed E-state index contributed by atoms with van der Waals surface area (Å²) in [6.45, 7) is 0. The third-order valence-electron chi connectivity index (χ3n) is 3.38. The molecule has 0 amide bonds. The first-order valence-corrected chi connectivity index (χ1v) is 7.57. The van der Waals surface area contributed by atoms with Gasteiger partial charge in [-0.15, -0.1) is 11.3 Å². The fraction of sp³-hybridized carbons (Fsp3) is 0.125. The largest absolute Gasteiger partial charge is 0.324 e. The summed E-state index contributed by atoms with van der Waals surface area (Å²) in [6.07, 6.45) is 0.438. The fourth-order valence-corrected chi connectivity index (χ4v) is 3.56. The van der Waals surface area contributed by atoms with Crippen LogP contribution in [0.3, 0.4) is 0 Å². The lowest BCUT2D eigenvalue weighted by atomic mass is 9.99. The Morgan fingerprint density at radius 1 is 1.15 bits per heavy atom. The van der Waals surface area contributed by atoms with Crippen molar-refractivity contribution in [3.05, 3.63) is 69.8 Å². The van der Waals surface area contributed by atoms with Gasteiger partial charge in [-0.3, -0.25) is 0 Å². The van der Waals surface area contributed by atoms with Gasteiger partial charge in [0.05, 0.1) is 5.02 Å². The highest BCUT2D eigenvalue weighted by atomic mass is 35.5. The van der Waals surface area contributed by atoms with Crippen molar-refractivity contribution in [2.24, 2.45) is 5.73 Å². The van der Waals surface area contributed by atoms with E-state index >= 15 is 0 Å². The van der Waals surface area contributed by atoms with Crippen molar-refractivity contribution in [3.63, 3.8) is 0 Å². The monoisotopic (exact) mass is 305 g/mol. The number of hydrogen-bond donors (Lipinski definition) is 1. The van der Waals surface area contributed by atoms with Gasteiger partial charge in [0.2, 0.25) is 0 Å². The Balaban J connectivity index is 1.93. The summed E-state index contributed by atoms with van der Waals surface area (Å²) < 4.78 is 15.1. The Labute approximate surface area is 125 Å². The molecule has 0 saturated heterocycles. The molecule has 2 N–H and O–H groups in total. The average Bonchev–Trinajstić information content (AvgIpc) is 2.88. The smallest absolute Gasteiger partial charge is 0.145 e. The zero-order valence-corrected chi connectivity index (χ0v) is 12.2. The SMILES string of the molecule is NC(Cc1cccc(Cl)c1F)c1csc2ccccc12. The Morgan fingerprint density at radius 2 is 1.95 bits per heavy atom. The Hall–Kier alpha value is -1.42. The highest BCUT2D eigenvalue weighted by Crippen LogP contribution is 2.31. The van der Waals surface area contributed by atoms with Crippen LogP contribution in [0.25, 0.3) is 10.1 Å². The van der Waals surface area contributed by atoms with E-state index in [1.54, 1.807) is 29.5 Å². The van der Waals surface area contributed by atoms with Crippen LogP contribution in [0.1, 0.15) is 17.2 Å². The second-order valence-corrected chi connectivity index (χ2v) is 6.03. The van der Waals surface area contributed by atoms with Gasteiger partial charge in [-0.1, -0.05) is 41.9 Å². The van der Waals surface area contributed by atoms with Crippen molar-refractivity contribution in [3.8, 4) is 0 Å². The standard InChI is InChI=1S/C16H13ClFNS/c17-13-6-3-4-10(16(13)18)8-14(19)12-9-20-15-7-2-1-5-11(12)15/h1-7,9,14H,8,19H2. The topological polar surface area (TPSA) is 26.0 Å². The van der Waals surface area contributed by atoms with E-state index in [1.165, 1.54) is 4.70 Å². The molecule has 0 bridgehead atoms. The quantitative estimate of drug-likeness (QED) is 0.729. The maximum Gasteiger partial charge on any atom is 0.145 e. The van der Waals surface area contributed by atoms with Gasteiger partial charge < -0.3 is 5.73 Å². The number of benzene rings is 2. The van der Waals surface area contributed by atoms with E-state index in [4.69, 9.17) is 17.3 Å². The van der Waals surface area contributed by atoms with Crippen LogP contribution in [-0.4, -0.2) is 0 Å². The van der Waals surface area contributed by atoms with Crippen molar-refractivity contribution in [1.82, 2.24) is 0 Å². The maximum atomic E-state index is 13.9. The van der Waals surface area contributed by atoms with E-state index in [-0.39, 0.29) is 16.9 Å². The van der Waals surface area contributed by atoms with Crippen molar-refractivity contribution in [2.45, 2.75) is 12.5 Å². The first kappa shape index (κ1) is 13.6. The van der Waals surface area contributed by atoms with Crippen LogP contribution < -0.4 is 5.73 Å². The minimum atomic E-state index is -0.371. The lowest BCUT2D eigenvalue weighted by molar-refractivity contribution is 0.595. The predicted octanol–water partition coefficient (Wildman–Crippen LogP) is 4.94. The van der Waals surface area contributed by atoms with Crippen LogP contribution in [0.5, 0.6) is 0 Å². The fourth-order valence-electron chi connectivity index (χ4n) is 2.34. The molecule has 1 heterocycles. The van der Waals surface area contributed by atoms with Gasteiger partial charge in [0.15, 0.2) is 0 Å². The molecule has 1 aromatic heterocycles. The van der Waals surface area contributed by atoms with Gasteiger partial charge in [0.25, 0.3) is 0 Å². The summed E-state index contributed by atoms with van der Waals surface area (Å²) >= 11 is 7.46. The zero-order chi connectivity index (χ0) is 14.1. The molecule has 3 aromatic rings. The van der Waals surface area contributed by atoms with Gasteiger partial charge in [-0.25, -0.2) is 4.39 Å². The molecule has 0 aliphatic rings. The van der Waals surface area contributed by atoms with Gasteiger partial charge >= 0.3 is 0 Å². The van der Waals surface area contributed by atoms with E-state index in [0.717, 1.165) is 10.9 Å². The van der Waals surface area contributed by atoms with E-state index < -0.39 is 0 Å². The molecular weight excluding hydrogens is 293 g/mol. The molecule has 0 radical (unpaired) electrons. The van der Waals surface area contributed by atoms with Crippen LogP contribution >= 0.6 is 22.9 Å². The minimum absolute atomic E-state index is 0.143. The molecule has 1 unspecified atom stereocenters. The van der Waals surface area contributed by atoms with Crippen LogP contribution in [0.2, 0.25) is 5.02 Å². The number of nitrogens with two attached hydrogens (primary N) is 1. The lowest BCUT2D eigenvalue weighted by Crippen LogP contribution is -2.13. The molecular formula is C16H13ClFNS. The second kappa shape index (κ2) is 5.52. The van der Waals surface area contributed by atoms with Gasteiger partial charge in [-0.2, -0.15) is 0 Å². The van der Waals surface area contributed by atoms with Crippen LogP contribution in [0, 0.1) is 5.82 Å². The lowest BCUT2D eigenvalue weighted by Gasteiger charge is -2.12. The van der Waals surface area contributed by atoms with Crippen LogP contribution in [0.4, 0.5) is 4.39 Å². The summed E-state index contributed by atoms with van der Waals surface area (Å²) in [5.74, 6) is -0.371. The summed E-state index contributed by atoms with van der Waals surface area (Å²) in [4.78, 5) is 0. The summed E-state index contributed by atoms with van der Waals surface area (Å²) in [5.41, 5.74) is 7.87. The summed E-state index contributed by atoms with van der Waals surface area (Å²) in [6, 6.07) is 12.9. The Bertz CT molecular complexity index is 753. The molecule has 3 rings (SSSR count). The van der Waals surface area contributed by atoms with Crippen molar-refractivity contribution < 1.29 is 4.39 Å². The van der Waals surface area contributed by atoms with Crippen LogP contribution in [0.15, 0.2) is 47.8 Å². The van der Waals surface area contributed by atoms with E-state index in [2.05, 4.69) is 17.5 Å². The molecule has 4 heteroatoms. The molecule has 0 saturated carbocycles. The molecule has 102 valence electrons. The Kier molecular flexibility index (Phi) is 3.74. The number of hydrogen-bond acceptors (Lipinski definition) is 2. The van der Waals surface area contributed by atoms with Gasteiger partial charge in [-0.05, 0) is 40.4 Å². The van der Waals surface area contributed by atoms with Gasteiger partial charge in [0.1, 0.15) is 5.82 Å². The van der Waals surface area contributed by atoms with Gasteiger partial charge in [0, 0.05) is 10.7 Å². The zero-order valence-electron chi connectivity index (χ0n) is 10.6. The molecule has 2 aromatic carbocycles. The number of rotatable bonds is 3. The maximum absolute atomic E-state index is 13.9. The number of halogens is 2. The molecule has 20 heavy (non-hydrogen) atoms. The summed E-state index contributed by atoms with van der Waals surface area (Å²) in [7, 11) is 0. The molecule has 0 fully saturated rings. The van der Waals surface area contributed by atoms with E-state index in [9.17, 15) is 4.39 Å². The molecule has 0 aliphatic carbocycles.